The fourth-order valence-corrected chi connectivity index (χ4v) is 6.03. The van der Waals surface area contributed by atoms with E-state index in [1.807, 2.05) is 13.1 Å². The minimum absolute atomic E-state index is 0.309. The smallest absolute Gasteiger partial charge is 0.398 e. The Hall–Kier alpha value is -1.49. The van der Waals surface area contributed by atoms with Crippen LogP contribution in [-0.2, 0) is 45.4 Å². The van der Waals surface area contributed by atoms with Gasteiger partial charge in [0.25, 0.3) is 0 Å². The number of rotatable bonds is 17. The molecule has 0 rings (SSSR count). The van der Waals surface area contributed by atoms with Crippen molar-refractivity contribution in [2.24, 2.45) is 15.0 Å². The zero-order valence-corrected chi connectivity index (χ0v) is 25.4. The van der Waals surface area contributed by atoms with Crippen LogP contribution in [-0.4, -0.2) is 113 Å². The highest BCUT2D eigenvalue weighted by atomic mass is 28.4. The van der Waals surface area contributed by atoms with Gasteiger partial charge in [-0.1, -0.05) is 0 Å². The molecule has 35 heavy (non-hydrogen) atoms. The number of carbonyl (C=O) groups excluding carboxylic acids is 3. The Morgan fingerprint density at radius 3 is 1.23 bits per heavy atom. The van der Waals surface area contributed by atoms with Crippen molar-refractivity contribution in [2.45, 2.75) is 38.0 Å². The Balaban J connectivity index is -0.000000443. The van der Waals surface area contributed by atoms with Crippen molar-refractivity contribution < 1.29 is 45.4 Å². The topological polar surface area (TPSA) is 153 Å². The van der Waals surface area contributed by atoms with E-state index in [0.29, 0.717) is 31.7 Å². The van der Waals surface area contributed by atoms with Crippen LogP contribution in [0.15, 0.2) is 15.0 Å². The van der Waals surface area contributed by atoms with Crippen molar-refractivity contribution in [1.82, 2.24) is 0 Å². The van der Waals surface area contributed by atoms with E-state index < -0.39 is 25.9 Å². The Morgan fingerprint density at radius 1 is 0.543 bits per heavy atom. The van der Waals surface area contributed by atoms with E-state index in [4.69, 9.17) is 31.0 Å². The molecular weight excluding hydrogens is 514 g/mol. The first-order valence-electron chi connectivity index (χ1n) is 10.6. The Bertz CT molecular complexity index is 650. The summed E-state index contributed by atoms with van der Waals surface area (Å²) in [5, 5.41) is 0. The lowest BCUT2D eigenvalue weighted by molar-refractivity contribution is 0.123. The molecule has 0 saturated heterocycles. The van der Waals surface area contributed by atoms with Crippen molar-refractivity contribution in [2.75, 3.05) is 69.0 Å². The van der Waals surface area contributed by atoms with Crippen molar-refractivity contribution in [3.63, 3.8) is 0 Å². The third-order valence-electron chi connectivity index (χ3n) is 4.87. The predicted octanol–water partition coefficient (Wildman–Crippen LogP) is 1.89. The van der Waals surface area contributed by atoms with Crippen LogP contribution in [0.3, 0.4) is 0 Å². The number of nitrogens with zero attached hydrogens (tertiary/aromatic N) is 3. The maximum atomic E-state index is 9.76. The molecule has 0 radical (unpaired) electrons. The molecule has 0 spiro atoms. The fraction of sp³-hybridized carbons (Fsp3) is 0.842. The minimum Gasteiger partial charge on any atom is -0.398 e. The van der Waals surface area contributed by atoms with Gasteiger partial charge in [0, 0.05) is 55.8 Å². The largest absolute Gasteiger partial charge is 0.500 e. The van der Waals surface area contributed by atoms with Crippen LogP contribution in [0.4, 0.5) is 0 Å². The lowest BCUT2D eigenvalue weighted by Gasteiger charge is -2.23. The van der Waals surface area contributed by atoms with E-state index in [1.165, 1.54) is 18.2 Å². The molecule has 0 aromatic carbocycles. The van der Waals surface area contributed by atoms with Crippen LogP contribution in [0.25, 0.3) is 0 Å². The Morgan fingerprint density at radius 2 is 0.914 bits per heavy atom. The molecule has 0 amide bonds. The lowest BCUT2D eigenvalue weighted by Crippen LogP contribution is -2.42. The van der Waals surface area contributed by atoms with Crippen molar-refractivity contribution in [3.8, 4) is 0 Å². The number of hydrogen-bond acceptors (Lipinski definition) is 13. The third kappa shape index (κ3) is 20.4. The zero-order chi connectivity index (χ0) is 27.6. The molecule has 0 N–H and O–H groups in total. The summed E-state index contributed by atoms with van der Waals surface area (Å²) < 4.78 is 36.1. The van der Waals surface area contributed by atoms with Gasteiger partial charge in [-0.3, -0.25) is 0 Å². The first-order chi connectivity index (χ1) is 16.6. The predicted molar refractivity (Wildman–Crippen MR) is 136 cm³/mol. The van der Waals surface area contributed by atoms with E-state index in [0.717, 1.165) is 12.5 Å². The first kappa shape index (κ1) is 38.0. The second kappa shape index (κ2) is 24.2. The number of hydrogen-bond donors (Lipinski definition) is 0. The first-order valence-corrected chi connectivity index (χ1v) is 17.6. The molecule has 16 heteroatoms. The maximum absolute atomic E-state index is 9.76. The van der Waals surface area contributed by atoms with Crippen LogP contribution in [0, 0.1) is 0 Å². The summed E-state index contributed by atoms with van der Waals surface area (Å²) in [6.45, 7) is 4.76. The molecule has 204 valence electrons. The summed E-state index contributed by atoms with van der Waals surface area (Å²) in [4.78, 5) is 39.5. The van der Waals surface area contributed by atoms with Crippen molar-refractivity contribution >= 4 is 44.2 Å². The summed E-state index contributed by atoms with van der Waals surface area (Å²) in [5.74, 6) is 0. The van der Waals surface area contributed by atoms with Gasteiger partial charge in [0.05, 0.1) is 19.3 Å². The number of aliphatic imine (C=N–C) groups is 3. The van der Waals surface area contributed by atoms with Gasteiger partial charge in [-0.15, -0.1) is 0 Å². The zero-order valence-electron chi connectivity index (χ0n) is 22.4. The van der Waals surface area contributed by atoms with E-state index in [1.54, 1.807) is 49.8 Å². The van der Waals surface area contributed by atoms with Crippen LogP contribution in [0.1, 0.15) is 12.8 Å². The molecule has 0 aromatic rings. The van der Waals surface area contributed by atoms with E-state index in [-0.39, 0.29) is 0 Å². The molecule has 0 aliphatic rings. The highest BCUT2D eigenvalue weighted by Gasteiger charge is 2.36. The Kier molecular flexibility index (Phi) is 26.3. The molecule has 0 fully saturated rings. The van der Waals surface area contributed by atoms with Crippen LogP contribution >= 0.6 is 0 Å². The summed E-state index contributed by atoms with van der Waals surface area (Å²) in [6.07, 6.45) is 6.25. The van der Waals surface area contributed by atoms with Crippen molar-refractivity contribution in [1.29, 1.82) is 0 Å². The SMILES string of the molecule is CO[Si](C)(CCCN=C=O)OC.CO[Si](C)(CN=C=O)OC.CO[Si](CCCN=C=O)(OC)OC. The highest BCUT2D eigenvalue weighted by molar-refractivity contribution is 6.66. The monoisotopic (exact) mass is 555 g/mol. The maximum Gasteiger partial charge on any atom is 0.500 e. The van der Waals surface area contributed by atoms with Crippen LogP contribution < -0.4 is 0 Å². The Labute approximate surface area is 211 Å². The van der Waals surface area contributed by atoms with Gasteiger partial charge in [0.1, 0.15) is 0 Å². The molecule has 0 saturated carbocycles. The third-order valence-corrected chi connectivity index (χ3v) is 13.2. The van der Waals surface area contributed by atoms with Gasteiger partial charge < -0.3 is 31.0 Å². The van der Waals surface area contributed by atoms with Gasteiger partial charge >= 0.3 is 25.9 Å². The van der Waals surface area contributed by atoms with E-state index in [2.05, 4.69) is 15.0 Å². The molecule has 13 nitrogen and oxygen atoms in total. The average Bonchev–Trinajstić information content (AvgIpc) is 2.91. The highest BCUT2D eigenvalue weighted by Crippen LogP contribution is 2.14. The molecule has 0 atom stereocenters. The molecular formula is C19H41N3O10Si3. The minimum atomic E-state index is -2.46. The van der Waals surface area contributed by atoms with Crippen LogP contribution in [0.2, 0.25) is 25.2 Å². The van der Waals surface area contributed by atoms with Crippen molar-refractivity contribution in [3.05, 3.63) is 0 Å². The standard InChI is InChI=1S/C7H15NO4Si.C7H15NO3Si.C5H11NO3Si/c1-10-13(11-2,12-3)6-4-5-8-7-9;1-10-12(3,11-2)6-4-5-8-7-9;1-8-10(3,9-2)5-6-4-7/h4-6H2,1-3H3;4-6H2,1-3H3;5H2,1-3H3. The van der Waals surface area contributed by atoms with Gasteiger partial charge in [-0.25, -0.2) is 29.4 Å². The second-order valence-electron chi connectivity index (χ2n) is 6.94. The number of isocyanates is 3. The molecule has 0 aromatic heterocycles. The molecule has 0 aliphatic carbocycles. The van der Waals surface area contributed by atoms with E-state index in [9.17, 15) is 14.4 Å². The van der Waals surface area contributed by atoms with E-state index >= 15 is 0 Å². The van der Waals surface area contributed by atoms with Gasteiger partial charge in [-0.05, 0) is 32.0 Å². The van der Waals surface area contributed by atoms with Crippen LogP contribution in [0.5, 0.6) is 0 Å². The molecule has 0 bridgehead atoms. The van der Waals surface area contributed by atoms with Gasteiger partial charge in [0.15, 0.2) is 0 Å². The lowest BCUT2D eigenvalue weighted by atomic mass is 10.5. The summed E-state index contributed by atoms with van der Waals surface area (Å²) in [7, 11) is 4.54. The molecule has 0 heterocycles. The second-order valence-corrected chi connectivity index (χ2v) is 17.0. The average molecular weight is 556 g/mol. The molecule has 0 aliphatic heterocycles. The summed E-state index contributed by atoms with van der Waals surface area (Å²) in [6, 6.07) is 1.51. The van der Waals surface area contributed by atoms with Gasteiger partial charge in [-0.2, -0.15) is 0 Å². The molecule has 0 unspecified atom stereocenters. The van der Waals surface area contributed by atoms with Gasteiger partial charge in [0.2, 0.25) is 18.2 Å². The quantitative estimate of drug-likeness (QED) is 0.112. The fourth-order valence-electron chi connectivity index (χ4n) is 2.18. The normalized spacial score (nSPS) is 10.9. The summed E-state index contributed by atoms with van der Waals surface area (Å²) in [5.41, 5.74) is 0. The summed E-state index contributed by atoms with van der Waals surface area (Å²) >= 11 is 0.